The van der Waals surface area contributed by atoms with Crippen molar-refractivity contribution in [1.29, 1.82) is 0 Å². The van der Waals surface area contributed by atoms with Gasteiger partial charge in [-0.1, -0.05) is 35.8 Å². The summed E-state index contributed by atoms with van der Waals surface area (Å²) in [6.07, 6.45) is 4.43. The first-order valence-corrected chi connectivity index (χ1v) is 9.75. The monoisotopic (exact) mass is 379 g/mol. The van der Waals surface area contributed by atoms with E-state index in [0.717, 1.165) is 35.6 Å². The lowest BCUT2D eigenvalue weighted by Crippen LogP contribution is -2.33. The van der Waals surface area contributed by atoms with E-state index in [4.69, 9.17) is 4.42 Å². The first kappa shape index (κ1) is 18.4. The van der Waals surface area contributed by atoms with Crippen LogP contribution in [0.2, 0.25) is 0 Å². The molecule has 3 aromatic rings. The quantitative estimate of drug-likeness (QED) is 0.732. The van der Waals surface area contributed by atoms with E-state index in [1.54, 1.807) is 4.68 Å². The summed E-state index contributed by atoms with van der Waals surface area (Å²) in [5.41, 5.74) is 4.02. The fourth-order valence-corrected chi connectivity index (χ4v) is 3.58. The molecule has 1 amide bonds. The van der Waals surface area contributed by atoms with Crippen LogP contribution in [0.4, 0.5) is 0 Å². The molecule has 1 saturated carbocycles. The van der Waals surface area contributed by atoms with Gasteiger partial charge >= 0.3 is 0 Å². The van der Waals surface area contributed by atoms with Gasteiger partial charge in [-0.15, -0.1) is 5.10 Å². The zero-order valence-electron chi connectivity index (χ0n) is 16.5. The molecule has 0 unspecified atom stereocenters. The number of hydrogen-bond donors (Lipinski definition) is 1. The van der Waals surface area contributed by atoms with Crippen molar-refractivity contribution >= 4 is 5.91 Å². The Balaban J connectivity index is 1.51. The van der Waals surface area contributed by atoms with Gasteiger partial charge < -0.3 is 9.73 Å². The maximum absolute atomic E-state index is 12.5. The summed E-state index contributed by atoms with van der Waals surface area (Å²) in [4.78, 5) is 17.1. The SMILES string of the molecule is Cc1ccc(-c2nc(Cn3nnc(C(=O)NC4CCCC4)c3C)c(C)o2)cc1. The molecule has 0 saturated heterocycles. The third-order valence-electron chi connectivity index (χ3n) is 5.38. The van der Waals surface area contributed by atoms with Crippen LogP contribution < -0.4 is 5.32 Å². The zero-order valence-corrected chi connectivity index (χ0v) is 16.5. The summed E-state index contributed by atoms with van der Waals surface area (Å²) in [6, 6.07) is 8.32. The van der Waals surface area contributed by atoms with Crippen LogP contribution in [-0.4, -0.2) is 31.9 Å². The smallest absolute Gasteiger partial charge is 0.273 e. The van der Waals surface area contributed by atoms with Gasteiger partial charge in [0.25, 0.3) is 5.91 Å². The lowest BCUT2D eigenvalue weighted by atomic mass is 10.1. The number of hydrogen-bond acceptors (Lipinski definition) is 5. The molecule has 1 N–H and O–H groups in total. The third-order valence-corrected chi connectivity index (χ3v) is 5.38. The number of oxazole rings is 1. The van der Waals surface area contributed by atoms with E-state index in [0.29, 0.717) is 18.1 Å². The van der Waals surface area contributed by atoms with Crippen molar-refractivity contribution in [3.8, 4) is 11.5 Å². The Morgan fingerprint density at radius 1 is 1.18 bits per heavy atom. The van der Waals surface area contributed by atoms with Crippen molar-refractivity contribution < 1.29 is 9.21 Å². The minimum Gasteiger partial charge on any atom is -0.441 e. The molecule has 0 spiro atoms. The fourth-order valence-electron chi connectivity index (χ4n) is 3.58. The first-order valence-electron chi connectivity index (χ1n) is 9.75. The van der Waals surface area contributed by atoms with Crippen LogP contribution in [0.3, 0.4) is 0 Å². The molecule has 1 aliphatic carbocycles. The van der Waals surface area contributed by atoms with Crippen molar-refractivity contribution in [2.24, 2.45) is 0 Å². The fraction of sp³-hybridized carbons (Fsp3) is 0.429. The van der Waals surface area contributed by atoms with Gasteiger partial charge in [-0.3, -0.25) is 4.79 Å². The maximum atomic E-state index is 12.5. The molecule has 7 heteroatoms. The van der Waals surface area contributed by atoms with Crippen LogP contribution in [0.25, 0.3) is 11.5 Å². The number of rotatable bonds is 5. The summed E-state index contributed by atoms with van der Waals surface area (Å²) in [7, 11) is 0. The molecular formula is C21H25N5O2. The Labute approximate surface area is 164 Å². The molecule has 1 fully saturated rings. The second-order valence-electron chi connectivity index (χ2n) is 7.52. The molecule has 0 atom stereocenters. The molecule has 2 aromatic heterocycles. The average Bonchev–Trinajstić information content (AvgIpc) is 3.39. The van der Waals surface area contributed by atoms with Crippen LogP contribution in [0.5, 0.6) is 0 Å². The molecule has 7 nitrogen and oxygen atoms in total. The minimum absolute atomic E-state index is 0.145. The zero-order chi connectivity index (χ0) is 19.7. The van der Waals surface area contributed by atoms with Gasteiger partial charge in [-0.2, -0.15) is 0 Å². The molecule has 1 aliphatic rings. The number of carbonyl (C=O) groups excluding carboxylic acids is 1. The second-order valence-corrected chi connectivity index (χ2v) is 7.52. The van der Waals surface area contributed by atoms with E-state index in [1.807, 2.05) is 45.0 Å². The highest BCUT2D eigenvalue weighted by Gasteiger charge is 2.23. The predicted molar refractivity (Wildman–Crippen MR) is 105 cm³/mol. The number of nitrogens with zero attached hydrogens (tertiary/aromatic N) is 4. The Kier molecular flexibility index (Phi) is 4.98. The van der Waals surface area contributed by atoms with Gasteiger partial charge in [-0.05, 0) is 45.7 Å². The minimum atomic E-state index is -0.145. The topological polar surface area (TPSA) is 85.8 Å². The highest BCUT2D eigenvalue weighted by atomic mass is 16.4. The molecule has 146 valence electrons. The molecule has 28 heavy (non-hydrogen) atoms. The van der Waals surface area contributed by atoms with Crippen molar-refractivity contribution in [1.82, 2.24) is 25.3 Å². The predicted octanol–water partition coefficient (Wildman–Crippen LogP) is 3.58. The van der Waals surface area contributed by atoms with Crippen LogP contribution in [0.1, 0.15) is 58.9 Å². The Morgan fingerprint density at radius 2 is 1.89 bits per heavy atom. The molecule has 0 aliphatic heterocycles. The maximum Gasteiger partial charge on any atom is 0.273 e. The summed E-state index contributed by atoms with van der Waals surface area (Å²) in [5, 5.41) is 11.3. The number of aryl methyl sites for hydroxylation is 2. The van der Waals surface area contributed by atoms with Crippen molar-refractivity contribution in [2.75, 3.05) is 0 Å². The molecule has 4 rings (SSSR count). The summed E-state index contributed by atoms with van der Waals surface area (Å²) >= 11 is 0. The van der Waals surface area contributed by atoms with Gasteiger partial charge in [0.05, 0.1) is 12.2 Å². The van der Waals surface area contributed by atoms with Gasteiger partial charge in [0.2, 0.25) is 5.89 Å². The number of carbonyl (C=O) groups is 1. The van der Waals surface area contributed by atoms with E-state index >= 15 is 0 Å². The summed E-state index contributed by atoms with van der Waals surface area (Å²) in [6.45, 7) is 6.21. The van der Waals surface area contributed by atoms with E-state index in [-0.39, 0.29) is 11.9 Å². The van der Waals surface area contributed by atoms with Gasteiger partial charge in [0.1, 0.15) is 11.5 Å². The molecule has 0 bridgehead atoms. The molecule has 1 aromatic carbocycles. The van der Waals surface area contributed by atoms with Crippen LogP contribution in [0.15, 0.2) is 28.7 Å². The highest BCUT2D eigenvalue weighted by Crippen LogP contribution is 2.23. The largest absolute Gasteiger partial charge is 0.441 e. The van der Waals surface area contributed by atoms with Crippen molar-refractivity contribution in [2.45, 2.75) is 59.0 Å². The summed E-state index contributed by atoms with van der Waals surface area (Å²) in [5.74, 6) is 1.18. The van der Waals surface area contributed by atoms with Crippen molar-refractivity contribution in [3.63, 3.8) is 0 Å². The standard InChI is InChI=1S/C21H25N5O2/c1-13-8-10-16(11-9-13)21-23-18(15(3)28-21)12-26-14(2)19(24-25-26)20(27)22-17-6-4-5-7-17/h8-11,17H,4-7,12H2,1-3H3,(H,22,27). The number of aromatic nitrogens is 4. The number of amides is 1. The van der Waals surface area contributed by atoms with Gasteiger partial charge in [0, 0.05) is 11.6 Å². The van der Waals surface area contributed by atoms with Crippen molar-refractivity contribution in [3.05, 3.63) is 52.7 Å². The van der Waals surface area contributed by atoms with Gasteiger partial charge in [-0.25, -0.2) is 9.67 Å². The van der Waals surface area contributed by atoms with E-state index in [2.05, 4.69) is 20.6 Å². The number of benzene rings is 1. The van der Waals surface area contributed by atoms with E-state index in [9.17, 15) is 4.79 Å². The Morgan fingerprint density at radius 3 is 2.61 bits per heavy atom. The second kappa shape index (κ2) is 7.58. The van der Waals surface area contributed by atoms with Gasteiger partial charge in [0.15, 0.2) is 5.69 Å². The average molecular weight is 379 g/mol. The van der Waals surface area contributed by atoms with E-state index in [1.165, 1.54) is 18.4 Å². The Hall–Kier alpha value is -2.96. The lowest BCUT2D eigenvalue weighted by Gasteiger charge is -2.10. The van der Waals surface area contributed by atoms with E-state index < -0.39 is 0 Å². The Bertz CT molecular complexity index is 981. The molecule has 0 radical (unpaired) electrons. The highest BCUT2D eigenvalue weighted by molar-refractivity contribution is 5.93. The van der Waals surface area contributed by atoms with Crippen LogP contribution >= 0.6 is 0 Å². The third kappa shape index (κ3) is 3.69. The molecular weight excluding hydrogens is 354 g/mol. The normalized spacial score (nSPS) is 14.5. The van der Waals surface area contributed by atoms with Crippen LogP contribution in [-0.2, 0) is 6.54 Å². The first-order chi connectivity index (χ1) is 13.5. The summed E-state index contributed by atoms with van der Waals surface area (Å²) < 4.78 is 7.55. The lowest BCUT2D eigenvalue weighted by molar-refractivity contribution is 0.0932. The molecule has 2 heterocycles. The van der Waals surface area contributed by atoms with Crippen LogP contribution in [0, 0.1) is 20.8 Å². The number of nitrogens with one attached hydrogen (secondary N) is 1.